The van der Waals surface area contributed by atoms with Gasteiger partial charge in [-0.2, -0.15) is 10.4 Å². The number of benzene rings is 2. The van der Waals surface area contributed by atoms with Crippen LogP contribution >= 0.6 is 11.8 Å². The molecule has 1 aliphatic heterocycles. The van der Waals surface area contributed by atoms with Crippen molar-refractivity contribution in [1.82, 2.24) is 39.9 Å². The second-order valence-electron chi connectivity index (χ2n) is 10.6. The Morgan fingerprint density at radius 2 is 1.98 bits per heavy atom. The lowest BCUT2D eigenvalue weighted by Crippen LogP contribution is -2.35. The lowest BCUT2D eigenvalue weighted by atomic mass is 10.1. The summed E-state index contributed by atoms with van der Waals surface area (Å²) in [5.74, 6) is 0.0115. The molecule has 2 aromatic carbocycles. The highest BCUT2D eigenvalue weighted by molar-refractivity contribution is 7.98. The van der Waals surface area contributed by atoms with E-state index >= 15 is 0 Å². The Labute approximate surface area is 258 Å². The van der Waals surface area contributed by atoms with Crippen LogP contribution in [0.15, 0.2) is 66.2 Å². The highest BCUT2D eigenvalue weighted by Crippen LogP contribution is 2.28. The molecule has 3 aromatic heterocycles. The number of likely N-dealkylation sites (tertiary alicyclic amines) is 1. The van der Waals surface area contributed by atoms with Crippen molar-refractivity contribution >= 4 is 28.8 Å². The number of halogens is 1. The van der Waals surface area contributed by atoms with Crippen LogP contribution in [0, 0.1) is 17.1 Å². The third-order valence-electron chi connectivity index (χ3n) is 7.97. The highest BCUT2D eigenvalue weighted by Gasteiger charge is 2.24. The standard InChI is InChI=1S/C31H31FN8O2S.H3N/c1-2-38-20-34-16-25(38)17-39-28-14-22(31(41)42)5-6-27(28)35-29(39)18-37-10-7-24(8-11-37)40-12-9-30(36-40)43-19-23-4-3-21(15-33)13-26(23)32;/h3-6,9,12-14,16,20,24H,2,7-8,10-11,17-19H2,1H3,(H,41,42);1H3. The average Bonchev–Trinajstić information content (AvgIpc) is 3.76. The molecule has 1 saturated heterocycles. The van der Waals surface area contributed by atoms with Crippen molar-refractivity contribution in [1.29, 1.82) is 5.26 Å². The first-order chi connectivity index (χ1) is 20.9. The average molecular weight is 616 g/mol. The smallest absolute Gasteiger partial charge is 0.335 e. The van der Waals surface area contributed by atoms with Gasteiger partial charge in [-0.05, 0) is 61.7 Å². The number of nitriles is 1. The van der Waals surface area contributed by atoms with E-state index in [1.54, 1.807) is 30.3 Å². The van der Waals surface area contributed by atoms with Gasteiger partial charge < -0.3 is 20.4 Å². The Kier molecular flexibility index (Phi) is 9.43. The molecule has 13 heteroatoms. The molecule has 228 valence electrons. The van der Waals surface area contributed by atoms with Crippen molar-refractivity contribution < 1.29 is 14.3 Å². The van der Waals surface area contributed by atoms with Crippen LogP contribution in [-0.2, 0) is 25.4 Å². The number of nitrogens with zero attached hydrogens (tertiary/aromatic N) is 8. The molecule has 1 fully saturated rings. The molecule has 11 nitrogen and oxygen atoms in total. The number of hydrogen-bond acceptors (Lipinski definition) is 8. The van der Waals surface area contributed by atoms with Gasteiger partial charge in [-0.15, -0.1) is 0 Å². The van der Waals surface area contributed by atoms with Gasteiger partial charge in [-0.1, -0.05) is 17.8 Å². The summed E-state index contributed by atoms with van der Waals surface area (Å²) in [5, 5.41) is 24.1. The van der Waals surface area contributed by atoms with Crippen LogP contribution in [0.2, 0.25) is 0 Å². The molecular weight excluding hydrogens is 581 g/mol. The van der Waals surface area contributed by atoms with Gasteiger partial charge in [0.05, 0.1) is 59.4 Å². The molecule has 0 aliphatic carbocycles. The first kappa shape index (κ1) is 30.9. The summed E-state index contributed by atoms with van der Waals surface area (Å²) >= 11 is 1.48. The van der Waals surface area contributed by atoms with E-state index in [0.717, 1.165) is 60.1 Å². The van der Waals surface area contributed by atoms with Gasteiger partial charge in [0.25, 0.3) is 0 Å². The van der Waals surface area contributed by atoms with Crippen molar-refractivity contribution in [3.8, 4) is 6.07 Å². The van der Waals surface area contributed by atoms with Gasteiger partial charge in [0.15, 0.2) is 0 Å². The predicted molar refractivity (Wildman–Crippen MR) is 165 cm³/mol. The Bertz CT molecular complexity index is 1810. The molecule has 0 atom stereocenters. The molecule has 0 unspecified atom stereocenters. The first-order valence-corrected chi connectivity index (χ1v) is 15.2. The normalized spacial score (nSPS) is 14.0. The molecule has 0 bridgehead atoms. The number of aromatic carboxylic acids is 1. The topological polar surface area (TPSA) is 153 Å². The van der Waals surface area contributed by atoms with Crippen LogP contribution in [0.25, 0.3) is 11.0 Å². The van der Waals surface area contributed by atoms with Gasteiger partial charge >= 0.3 is 5.97 Å². The molecule has 44 heavy (non-hydrogen) atoms. The second-order valence-corrected chi connectivity index (χ2v) is 11.6. The Morgan fingerprint density at radius 1 is 1.16 bits per heavy atom. The summed E-state index contributed by atoms with van der Waals surface area (Å²) in [6.07, 6.45) is 7.52. The van der Waals surface area contributed by atoms with Crippen molar-refractivity contribution in [2.24, 2.45) is 0 Å². The number of carboxylic acid groups (broad SMARTS) is 1. The minimum absolute atomic E-state index is 0. The number of carbonyl (C=O) groups is 1. The number of carboxylic acids is 1. The fourth-order valence-corrected chi connectivity index (χ4v) is 6.40. The van der Waals surface area contributed by atoms with Gasteiger partial charge in [-0.25, -0.2) is 19.2 Å². The van der Waals surface area contributed by atoms with Crippen molar-refractivity contribution in [2.75, 3.05) is 13.1 Å². The number of aromatic nitrogens is 6. The minimum Gasteiger partial charge on any atom is -0.478 e. The molecular formula is C31H34FN9O2S. The van der Waals surface area contributed by atoms with Crippen molar-refractivity contribution in [3.63, 3.8) is 0 Å². The van der Waals surface area contributed by atoms with Crippen LogP contribution in [0.5, 0.6) is 0 Å². The fourth-order valence-electron chi connectivity index (χ4n) is 5.56. The van der Waals surface area contributed by atoms with E-state index in [1.807, 2.05) is 35.5 Å². The molecule has 4 heterocycles. The Morgan fingerprint density at radius 3 is 2.70 bits per heavy atom. The molecule has 4 N–H and O–H groups in total. The number of fused-ring (bicyclic) bond motifs is 1. The van der Waals surface area contributed by atoms with Crippen molar-refractivity contribution in [3.05, 3.63) is 95.2 Å². The van der Waals surface area contributed by atoms with E-state index in [9.17, 15) is 14.3 Å². The zero-order valence-corrected chi connectivity index (χ0v) is 25.3. The molecule has 0 amide bonds. The van der Waals surface area contributed by atoms with E-state index < -0.39 is 5.97 Å². The van der Waals surface area contributed by atoms with E-state index in [4.69, 9.17) is 15.3 Å². The molecule has 0 spiro atoms. The molecule has 1 aliphatic rings. The van der Waals surface area contributed by atoms with Gasteiger partial charge in [-0.3, -0.25) is 9.58 Å². The number of aryl methyl sites for hydroxylation is 1. The highest BCUT2D eigenvalue weighted by atomic mass is 32.2. The maximum atomic E-state index is 14.3. The van der Waals surface area contributed by atoms with Crippen molar-refractivity contribution in [2.45, 2.75) is 56.2 Å². The summed E-state index contributed by atoms with van der Waals surface area (Å²) in [6.45, 7) is 5.83. The Balaban J connectivity index is 0.00000384. The monoisotopic (exact) mass is 615 g/mol. The largest absolute Gasteiger partial charge is 0.478 e. The minimum atomic E-state index is -0.960. The third-order valence-corrected chi connectivity index (χ3v) is 8.94. The zero-order valence-electron chi connectivity index (χ0n) is 24.4. The van der Waals surface area contributed by atoms with Crippen LogP contribution in [0.3, 0.4) is 0 Å². The molecule has 0 saturated carbocycles. The molecule has 0 radical (unpaired) electrons. The third kappa shape index (κ3) is 6.52. The van der Waals surface area contributed by atoms with Crippen LogP contribution < -0.4 is 6.15 Å². The van der Waals surface area contributed by atoms with E-state index in [1.165, 1.54) is 17.8 Å². The quantitative estimate of drug-likeness (QED) is 0.194. The summed E-state index contributed by atoms with van der Waals surface area (Å²) in [6, 6.07) is 13.8. The summed E-state index contributed by atoms with van der Waals surface area (Å²) in [7, 11) is 0. The van der Waals surface area contributed by atoms with Crippen LogP contribution in [0.4, 0.5) is 4.39 Å². The van der Waals surface area contributed by atoms with Crippen LogP contribution in [0.1, 0.15) is 58.8 Å². The van der Waals surface area contributed by atoms with Gasteiger partial charge in [0.1, 0.15) is 16.7 Å². The maximum absolute atomic E-state index is 14.3. The molecule has 6 rings (SSSR count). The number of thioether (sulfide) groups is 1. The fraction of sp³-hybridized carbons (Fsp3) is 0.323. The van der Waals surface area contributed by atoms with E-state index in [0.29, 0.717) is 30.0 Å². The summed E-state index contributed by atoms with van der Waals surface area (Å²) < 4.78 is 20.5. The first-order valence-electron chi connectivity index (χ1n) is 14.2. The zero-order chi connectivity index (χ0) is 29.9. The van der Waals surface area contributed by atoms with E-state index in [-0.39, 0.29) is 23.6 Å². The maximum Gasteiger partial charge on any atom is 0.335 e. The second kappa shape index (κ2) is 13.4. The number of piperidine rings is 1. The lowest BCUT2D eigenvalue weighted by Gasteiger charge is -2.31. The lowest BCUT2D eigenvalue weighted by molar-refractivity contribution is 0.0697. The van der Waals surface area contributed by atoms with Gasteiger partial charge in [0.2, 0.25) is 0 Å². The van der Waals surface area contributed by atoms with Crippen LogP contribution in [-0.4, -0.2) is 57.9 Å². The SMILES string of the molecule is CCn1cncc1Cn1c(CN2CCC(n3ccc(SCc4ccc(C#N)cc4F)n3)CC2)nc2ccc(C(=O)O)cc21.N. The summed E-state index contributed by atoms with van der Waals surface area (Å²) in [5.41, 5.74) is 3.73. The predicted octanol–water partition coefficient (Wildman–Crippen LogP) is 5.50. The number of rotatable bonds is 10. The number of imidazole rings is 2. The van der Waals surface area contributed by atoms with E-state index in [2.05, 4.69) is 25.9 Å². The molecule has 5 aromatic rings. The Hall–Kier alpha value is -4.51. The number of hydrogen-bond donors (Lipinski definition) is 2. The summed E-state index contributed by atoms with van der Waals surface area (Å²) in [4.78, 5) is 23.3. The van der Waals surface area contributed by atoms with Gasteiger partial charge in [0, 0.05) is 37.8 Å².